The highest BCUT2D eigenvalue weighted by molar-refractivity contribution is 7.85. The number of rotatable bonds is 2. The molecular formula is C22H39NO3S. The zero-order chi connectivity index (χ0) is 22.4. The predicted octanol–water partition coefficient (Wildman–Crippen LogP) is 7.45. The number of nitrogens with zero attached hydrogens (tertiary/aromatic N) is 1. The van der Waals surface area contributed by atoms with Crippen LogP contribution >= 0.6 is 0 Å². The Labute approximate surface area is 167 Å². The summed E-state index contributed by atoms with van der Waals surface area (Å²) < 4.78 is 32.2. The van der Waals surface area contributed by atoms with Gasteiger partial charge in [-0.2, -0.15) is 8.42 Å². The molecule has 156 valence electrons. The summed E-state index contributed by atoms with van der Waals surface area (Å²) in [5.41, 5.74) is 2.92. The van der Waals surface area contributed by atoms with E-state index < -0.39 is 10.1 Å². The minimum atomic E-state index is -4.25. The monoisotopic (exact) mass is 397 g/mol. The van der Waals surface area contributed by atoms with Crippen LogP contribution < -0.4 is 0 Å². The molecule has 0 saturated heterocycles. The Morgan fingerprint density at radius 2 is 1.26 bits per heavy atom. The molecule has 2 aromatic rings. The first-order chi connectivity index (χ1) is 12.8. The van der Waals surface area contributed by atoms with E-state index in [1.165, 1.54) is 6.07 Å². The summed E-state index contributed by atoms with van der Waals surface area (Å²) in [4.78, 5) is 3.89. The molecule has 0 amide bonds. The Balaban J connectivity index is -0.000000638. The number of fused-ring (bicyclic) bond motifs is 1. The van der Waals surface area contributed by atoms with Crippen molar-refractivity contribution in [2.24, 2.45) is 4.99 Å². The van der Waals surface area contributed by atoms with Crippen molar-refractivity contribution in [1.29, 1.82) is 0 Å². The Hall–Kier alpha value is -1.72. The van der Waals surface area contributed by atoms with Crippen LogP contribution in [0.4, 0.5) is 5.69 Å². The fourth-order valence-electron chi connectivity index (χ4n) is 2.29. The van der Waals surface area contributed by atoms with E-state index in [1.807, 2.05) is 81.4 Å². The number of hydrogen-bond acceptors (Lipinski definition) is 3. The lowest BCUT2D eigenvalue weighted by Crippen LogP contribution is -2.03. The van der Waals surface area contributed by atoms with Crippen molar-refractivity contribution >= 4 is 33.3 Å². The van der Waals surface area contributed by atoms with Crippen LogP contribution in [0.2, 0.25) is 0 Å². The summed E-state index contributed by atoms with van der Waals surface area (Å²) in [5, 5.41) is 1.60. The van der Waals surface area contributed by atoms with Gasteiger partial charge in [0.25, 0.3) is 10.1 Å². The minimum absolute atomic E-state index is 0.0759. The van der Waals surface area contributed by atoms with E-state index >= 15 is 0 Å². The molecule has 0 fully saturated rings. The van der Waals surface area contributed by atoms with E-state index in [4.69, 9.17) is 0 Å². The second-order valence-electron chi connectivity index (χ2n) is 4.58. The molecule has 0 unspecified atom stereocenters. The summed E-state index contributed by atoms with van der Waals surface area (Å²) in [6.07, 6.45) is 0. The molecule has 0 atom stereocenters. The molecule has 5 heteroatoms. The van der Waals surface area contributed by atoms with Crippen molar-refractivity contribution in [3.63, 3.8) is 0 Å². The predicted molar refractivity (Wildman–Crippen MR) is 123 cm³/mol. The Bertz CT molecular complexity index is 795. The van der Waals surface area contributed by atoms with Crippen molar-refractivity contribution in [3.05, 3.63) is 34.9 Å². The first-order valence-corrected chi connectivity index (χ1v) is 11.2. The van der Waals surface area contributed by atoms with Crippen LogP contribution in [-0.4, -0.2) is 19.7 Å². The van der Waals surface area contributed by atoms with Gasteiger partial charge in [-0.15, -0.1) is 0 Å². The molecular weight excluding hydrogens is 358 g/mol. The van der Waals surface area contributed by atoms with E-state index in [-0.39, 0.29) is 4.90 Å². The molecule has 0 radical (unpaired) electrons. The van der Waals surface area contributed by atoms with Crippen LogP contribution in [-0.2, 0) is 10.1 Å². The highest BCUT2D eigenvalue weighted by Gasteiger charge is 2.18. The molecule has 27 heavy (non-hydrogen) atoms. The molecule has 0 heterocycles. The summed E-state index contributed by atoms with van der Waals surface area (Å²) >= 11 is 0. The number of aryl methyl sites for hydroxylation is 2. The van der Waals surface area contributed by atoms with Gasteiger partial charge in [0.1, 0.15) is 0 Å². The first-order valence-electron chi connectivity index (χ1n) is 9.75. The lowest BCUT2D eigenvalue weighted by molar-refractivity contribution is 0.482. The van der Waals surface area contributed by atoms with E-state index in [0.29, 0.717) is 16.6 Å². The van der Waals surface area contributed by atoms with E-state index in [1.54, 1.807) is 6.92 Å². The van der Waals surface area contributed by atoms with Crippen molar-refractivity contribution in [1.82, 2.24) is 0 Å². The standard InChI is InChI=1S/C14H15NO3S.4C2H6/c1-8-5-6-11-9(2)10(3)13(19(16,17)18)7-12(11)14(8)15-4;4*1-2/h5-7H,4H2,1-3H3,(H,16,17,18);4*1-2H3. The van der Waals surface area contributed by atoms with Gasteiger partial charge in [0.2, 0.25) is 0 Å². The van der Waals surface area contributed by atoms with Gasteiger partial charge in [0.05, 0.1) is 10.6 Å². The smallest absolute Gasteiger partial charge is 0.282 e. The summed E-state index contributed by atoms with van der Waals surface area (Å²) in [7, 11) is -4.25. The fourth-order valence-corrected chi connectivity index (χ4v) is 3.10. The molecule has 2 rings (SSSR count). The van der Waals surface area contributed by atoms with Gasteiger partial charge < -0.3 is 0 Å². The normalized spacial score (nSPS) is 9.19. The van der Waals surface area contributed by atoms with Crippen LogP contribution in [0.25, 0.3) is 10.8 Å². The van der Waals surface area contributed by atoms with Crippen LogP contribution in [0.1, 0.15) is 72.1 Å². The fraction of sp³-hybridized carbons (Fsp3) is 0.500. The Morgan fingerprint density at radius 3 is 1.63 bits per heavy atom. The third-order valence-corrected chi connectivity index (χ3v) is 4.45. The Kier molecular flexibility index (Phi) is 17.1. The van der Waals surface area contributed by atoms with Crippen molar-refractivity contribution in [2.45, 2.75) is 81.1 Å². The number of aliphatic imine (C=N–C) groups is 1. The van der Waals surface area contributed by atoms with Gasteiger partial charge in [0, 0.05) is 5.39 Å². The van der Waals surface area contributed by atoms with Crippen molar-refractivity contribution in [3.8, 4) is 0 Å². The van der Waals surface area contributed by atoms with Gasteiger partial charge >= 0.3 is 0 Å². The number of hydrogen-bond donors (Lipinski definition) is 1. The van der Waals surface area contributed by atoms with Crippen molar-refractivity contribution < 1.29 is 13.0 Å². The topological polar surface area (TPSA) is 66.7 Å². The summed E-state index contributed by atoms with van der Waals surface area (Å²) in [5.74, 6) is 0. The molecule has 0 saturated carbocycles. The van der Waals surface area contributed by atoms with Crippen LogP contribution in [0.3, 0.4) is 0 Å². The molecule has 0 aliphatic rings. The molecule has 0 aliphatic heterocycles. The maximum Gasteiger partial charge on any atom is 0.294 e. The average molecular weight is 398 g/mol. The minimum Gasteiger partial charge on any atom is -0.282 e. The molecule has 0 spiro atoms. The van der Waals surface area contributed by atoms with Gasteiger partial charge in [-0.25, -0.2) is 0 Å². The van der Waals surface area contributed by atoms with E-state index in [9.17, 15) is 13.0 Å². The van der Waals surface area contributed by atoms with Gasteiger partial charge in [-0.3, -0.25) is 9.55 Å². The third kappa shape index (κ3) is 7.81. The molecule has 0 bridgehead atoms. The van der Waals surface area contributed by atoms with Crippen molar-refractivity contribution in [2.75, 3.05) is 0 Å². The van der Waals surface area contributed by atoms with Gasteiger partial charge in [0.15, 0.2) is 0 Å². The summed E-state index contributed by atoms with van der Waals surface area (Å²) in [6.45, 7) is 24.9. The highest BCUT2D eigenvalue weighted by atomic mass is 32.2. The van der Waals surface area contributed by atoms with Crippen LogP contribution in [0.15, 0.2) is 28.1 Å². The molecule has 0 aliphatic carbocycles. The average Bonchev–Trinajstić information content (AvgIpc) is 2.70. The summed E-state index contributed by atoms with van der Waals surface area (Å²) in [6, 6.07) is 5.31. The highest BCUT2D eigenvalue weighted by Crippen LogP contribution is 2.35. The lowest BCUT2D eigenvalue weighted by Gasteiger charge is -2.13. The van der Waals surface area contributed by atoms with E-state index in [0.717, 1.165) is 16.5 Å². The SMILES string of the molecule is C=Nc1c(C)ccc2c(C)c(C)c(S(=O)(=O)O)cc12.CC.CC.CC.CC. The molecule has 0 aromatic heterocycles. The molecule has 4 nitrogen and oxygen atoms in total. The zero-order valence-electron chi connectivity index (χ0n) is 19.1. The second kappa shape index (κ2) is 15.3. The quantitative estimate of drug-likeness (QED) is 0.422. The maximum absolute atomic E-state index is 11.4. The van der Waals surface area contributed by atoms with Crippen LogP contribution in [0, 0.1) is 20.8 Å². The van der Waals surface area contributed by atoms with E-state index in [2.05, 4.69) is 11.7 Å². The third-order valence-electron chi connectivity index (χ3n) is 3.47. The maximum atomic E-state index is 11.4. The Morgan fingerprint density at radius 1 is 0.815 bits per heavy atom. The van der Waals surface area contributed by atoms with Gasteiger partial charge in [-0.05, 0) is 55.6 Å². The second-order valence-corrected chi connectivity index (χ2v) is 5.97. The number of benzene rings is 2. The largest absolute Gasteiger partial charge is 0.294 e. The molecule has 1 N–H and O–H groups in total. The lowest BCUT2D eigenvalue weighted by atomic mass is 9.97. The van der Waals surface area contributed by atoms with Crippen LogP contribution in [0.5, 0.6) is 0 Å². The van der Waals surface area contributed by atoms with Gasteiger partial charge in [-0.1, -0.05) is 67.5 Å². The molecule has 2 aromatic carbocycles. The first kappa shape index (κ1) is 30.0. The zero-order valence-corrected chi connectivity index (χ0v) is 19.9.